The van der Waals surface area contributed by atoms with E-state index < -0.39 is 0 Å². The Balaban J connectivity index is 0.00000363. The van der Waals surface area contributed by atoms with Crippen molar-refractivity contribution in [3.63, 3.8) is 0 Å². The zero-order valence-electron chi connectivity index (χ0n) is 19.2. The van der Waals surface area contributed by atoms with Crippen LogP contribution in [-0.4, -0.2) is 53.2 Å². The number of pyridine rings is 1. The van der Waals surface area contributed by atoms with Gasteiger partial charge in [-0.2, -0.15) is 0 Å². The van der Waals surface area contributed by atoms with Crippen LogP contribution < -0.4 is 14.8 Å². The molecule has 0 radical (unpaired) electrons. The van der Waals surface area contributed by atoms with Crippen molar-refractivity contribution in [1.82, 2.24) is 24.8 Å². The molecule has 2 heterocycles. The number of ether oxygens (including phenoxy) is 2. The molecule has 1 N–H and O–H groups in total. The van der Waals surface area contributed by atoms with E-state index in [4.69, 9.17) is 14.5 Å². The van der Waals surface area contributed by atoms with E-state index >= 15 is 0 Å². The molecular formula is C23H31IN6O2. The van der Waals surface area contributed by atoms with E-state index in [-0.39, 0.29) is 24.0 Å². The molecule has 0 amide bonds. The fraction of sp³-hybridized carbons (Fsp3) is 0.348. The predicted molar refractivity (Wildman–Crippen MR) is 137 cm³/mol. The average Bonchev–Trinajstić information content (AvgIpc) is 3.23. The Labute approximate surface area is 206 Å². The number of hydrogen-bond donors (Lipinski definition) is 1. The third-order valence-corrected chi connectivity index (χ3v) is 4.89. The molecule has 3 aromatic rings. The number of aryl methyl sites for hydroxylation is 1. The maximum atomic E-state index is 5.53. The highest BCUT2D eigenvalue weighted by molar-refractivity contribution is 14.0. The number of aliphatic imine (C=N–C) groups is 1. The molecule has 8 nitrogen and oxygen atoms in total. The van der Waals surface area contributed by atoms with Crippen molar-refractivity contribution < 1.29 is 9.47 Å². The number of imidazole rings is 1. The van der Waals surface area contributed by atoms with Crippen LogP contribution in [0.4, 0.5) is 0 Å². The lowest BCUT2D eigenvalue weighted by Crippen LogP contribution is -2.38. The highest BCUT2D eigenvalue weighted by Crippen LogP contribution is 2.25. The second kappa shape index (κ2) is 12.3. The van der Waals surface area contributed by atoms with Crippen LogP contribution in [0.5, 0.6) is 11.5 Å². The molecule has 0 saturated carbocycles. The van der Waals surface area contributed by atoms with Crippen molar-refractivity contribution >= 4 is 29.9 Å². The minimum Gasteiger partial charge on any atom is -0.497 e. The molecule has 9 heteroatoms. The second-order valence-electron chi connectivity index (χ2n) is 7.07. The summed E-state index contributed by atoms with van der Waals surface area (Å²) in [4.78, 5) is 15.7. The van der Waals surface area contributed by atoms with Gasteiger partial charge in [0.25, 0.3) is 0 Å². The summed E-state index contributed by atoms with van der Waals surface area (Å²) in [5, 5.41) is 3.35. The highest BCUT2D eigenvalue weighted by Gasteiger charge is 2.11. The number of aromatic nitrogens is 3. The van der Waals surface area contributed by atoms with Crippen LogP contribution in [0.2, 0.25) is 0 Å². The smallest absolute Gasteiger partial charge is 0.194 e. The monoisotopic (exact) mass is 550 g/mol. The van der Waals surface area contributed by atoms with Crippen molar-refractivity contribution in [2.75, 3.05) is 27.8 Å². The number of halogens is 1. The Morgan fingerprint density at radius 3 is 2.56 bits per heavy atom. The highest BCUT2D eigenvalue weighted by atomic mass is 127. The Bertz CT molecular complexity index is 1020. The van der Waals surface area contributed by atoms with E-state index in [1.165, 1.54) is 0 Å². The summed E-state index contributed by atoms with van der Waals surface area (Å²) in [6, 6.07) is 9.87. The van der Waals surface area contributed by atoms with E-state index in [9.17, 15) is 0 Å². The van der Waals surface area contributed by atoms with Crippen LogP contribution >= 0.6 is 24.0 Å². The van der Waals surface area contributed by atoms with Gasteiger partial charge in [-0.15, -0.1) is 24.0 Å². The Morgan fingerprint density at radius 2 is 1.97 bits per heavy atom. The summed E-state index contributed by atoms with van der Waals surface area (Å²) in [7, 11) is 5.32. The van der Waals surface area contributed by atoms with Gasteiger partial charge in [-0.05, 0) is 37.6 Å². The number of methoxy groups -OCH3 is 2. The van der Waals surface area contributed by atoms with Crippen molar-refractivity contribution in [3.05, 3.63) is 65.9 Å². The summed E-state index contributed by atoms with van der Waals surface area (Å²) in [5.41, 5.74) is 2.09. The van der Waals surface area contributed by atoms with Crippen LogP contribution in [0, 0.1) is 6.92 Å². The lowest BCUT2D eigenvalue weighted by atomic mass is 10.2. The molecule has 0 fully saturated rings. The average molecular weight is 550 g/mol. The van der Waals surface area contributed by atoms with E-state index in [0.29, 0.717) is 13.1 Å². The van der Waals surface area contributed by atoms with E-state index in [1.54, 1.807) is 20.4 Å². The maximum absolute atomic E-state index is 5.53. The lowest BCUT2D eigenvalue weighted by molar-refractivity contribution is 0.382. The van der Waals surface area contributed by atoms with Gasteiger partial charge >= 0.3 is 0 Å². The summed E-state index contributed by atoms with van der Waals surface area (Å²) in [5.74, 6) is 4.12. The summed E-state index contributed by atoms with van der Waals surface area (Å²) in [6.45, 7) is 5.97. The largest absolute Gasteiger partial charge is 0.497 e. The molecular weight excluding hydrogens is 519 g/mol. The minimum absolute atomic E-state index is 0. The second-order valence-corrected chi connectivity index (χ2v) is 7.07. The zero-order chi connectivity index (χ0) is 22.2. The molecule has 0 unspecified atom stereocenters. The number of benzene rings is 1. The van der Waals surface area contributed by atoms with Crippen LogP contribution in [0.1, 0.15) is 23.9 Å². The first-order chi connectivity index (χ1) is 15.0. The first-order valence-corrected chi connectivity index (χ1v) is 10.2. The van der Waals surface area contributed by atoms with Gasteiger partial charge in [0.05, 0.1) is 20.8 Å². The Hall–Kier alpha value is -2.82. The number of hydrogen-bond acceptors (Lipinski definition) is 5. The molecule has 172 valence electrons. The van der Waals surface area contributed by atoms with E-state index in [2.05, 4.69) is 27.1 Å². The first kappa shape index (κ1) is 25.4. The third-order valence-electron chi connectivity index (χ3n) is 4.89. The predicted octanol–water partition coefficient (Wildman–Crippen LogP) is 3.81. The van der Waals surface area contributed by atoms with Gasteiger partial charge in [-0.25, -0.2) is 15.0 Å². The van der Waals surface area contributed by atoms with Gasteiger partial charge in [0.1, 0.15) is 23.1 Å². The van der Waals surface area contributed by atoms with Gasteiger partial charge < -0.3 is 19.7 Å². The molecule has 1 aromatic carbocycles. The fourth-order valence-corrected chi connectivity index (χ4v) is 3.22. The van der Waals surface area contributed by atoms with Crippen LogP contribution in [0.25, 0.3) is 5.82 Å². The Kier molecular flexibility index (Phi) is 9.76. The molecule has 0 saturated heterocycles. The Morgan fingerprint density at radius 1 is 1.16 bits per heavy atom. The molecule has 0 aliphatic heterocycles. The fourth-order valence-electron chi connectivity index (χ4n) is 3.22. The molecule has 0 atom stereocenters. The summed E-state index contributed by atoms with van der Waals surface area (Å²) >= 11 is 0. The van der Waals surface area contributed by atoms with Crippen molar-refractivity contribution in [2.45, 2.75) is 26.9 Å². The van der Waals surface area contributed by atoms with E-state index in [1.807, 2.05) is 61.3 Å². The molecule has 2 aromatic heterocycles. The third kappa shape index (κ3) is 6.35. The number of nitrogens with one attached hydrogen (secondary N) is 1. The molecule has 0 bridgehead atoms. The topological polar surface area (TPSA) is 76.8 Å². The van der Waals surface area contributed by atoms with Gasteiger partial charge in [0.15, 0.2) is 5.96 Å². The number of nitrogens with zero attached hydrogens (tertiary/aromatic N) is 5. The van der Waals surface area contributed by atoms with Gasteiger partial charge in [0, 0.05) is 50.4 Å². The quantitative estimate of drug-likeness (QED) is 0.261. The SMILES string of the molecule is CCNC(=NCc1ccc(-n2ccnc2C)nc1)N(C)Cc1ccc(OC)cc1OC.I. The molecule has 0 aliphatic carbocycles. The molecule has 32 heavy (non-hydrogen) atoms. The standard InChI is InChI=1S/C23H30N6O2.HI/c1-6-24-23(28(3)16-19-8-9-20(30-4)13-21(19)31-5)27-15-18-7-10-22(26-14-18)29-12-11-25-17(29)2;/h7-14H,6,15-16H2,1-5H3,(H,24,27);1H. The van der Waals surface area contributed by atoms with Crippen molar-refractivity contribution in [2.24, 2.45) is 4.99 Å². The van der Waals surface area contributed by atoms with Crippen LogP contribution in [0.15, 0.2) is 53.9 Å². The van der Waals surface area contributed by atoms with Crippen molar-refractivity contribution in [1.29, 1.82) is 0 Å². The maximum Gasteiger partial charge on any atom is 0.194 e. The number of guanidine groups is 1. The van der Waals surface area contributed by atoms with Crippen LogP contribution in [0.3, 0.4) is 0 Å². The summed E-state index contributed by atoms with van der Waals surface area (Å²) < 4.78 is 12.8. The lowest BCUT2D eigenvalue weighted by Gasteiger charge is -2.23. The van der Waals surface area contributed by atoms with Gasteiger partial charge in [-0.1, -0.05) is 6.07 Å². The van der Waals surface area contributed by atoms with E-state index in [0.717, 1.165) is 46.8 Å². The summed E-state index contributed by atoms with van der Waals surface area (Å²) in [6.07, 6.45) is 5.53. The molecule has 3 rings (SSSR count). The van der Waals surface area contributed by atoms with Gasteiger partial charge in [0.2, 0.25) is 0 Å². The minimum atomic E-state index is 0. The van der Waals surface area contributed by atoms with Gasteiger partial charge in [-0.3, -0.25) is 4.57 Å². The molecule has 0 aliphatic rings. The zero-order valence-corrected chi connectivity index (χ0v) is 21.5. The van der Waals surface area contributed by atoms with Crippen LogP contribution in [-0.2, 0) is 13.1 Å². The first-order valence-electron chi connectivity index (χ1n) is 10.2. The molecule has 0 spiro atoms. The normalized spacial score (nSPS) is 11.0. The van der Waals surface area contributed by atoms with Crippen molar-refractivity contribution in [3.8, 4) is 17.3 Å². The number of rotatable bonds is 8.